The van der Waals surface area contributed by atoms with Gasteiger partial charge in [0.25, 0.3) is 5.56 Å². The molecule has 7 nitrogen and oxygen atoms in total. The zero-order valence-electron chi connectivity index (χ0n) is 14.4. The fourth-order valence-corrected chi connectivity index (χ4v) is 3.42. The zero-order valence-corrected chi connectivity index (χ0v) is 14.4. The number of hydrogen-bond acceptors (Lipinski definition) is 4. The third-order valence-electron chi connectivity index (χ3n) is 5.05. The number of carbonyl (C=O) groups excluding carboxylic acids is 1. The highest BCUT2D eigenvalue weighted by Crippen LogP contribution is 2.40. The molecule has 0 spiro atoms. The number of H-pyrrole nitrogens is 1. The fraction of sp³-hybridized carbons (Fsp3) is 0.556. The van der Waals surface area contributed by atoms with Gasteiger partial charge in [0.05, 0.1) is 5.69 Å². The molecule has 2 fully saturated rings. The van der Waals surface area contributed by atoms with Crippen LogP contribution in [-0.4, -0.2) is 25.7 Å². The number of aromatic amines is 1. The molecule has 2 N–H and O–H groups in total. The van der Waals surface area contributed by atoms with Gasteiger partial charge in [0.2, 0.25) is 11.9 Å². The van der Waals surface area contributed by atoms with E-state index in [1.54, 1.807) is 4.68 Å². The van der Waals surface area contributed by atoms with E-state index in [4.69, 9.17) is 0 Å². The van der Waals surface area contributed by atoms with Crippen LogP contribution in [0.15, 0.2) is 16.9 Å². The zero-order chi connectivity index (χ0) is 17.4. The molecule has 2 saturated carbocycles. The molecule has 4 rings (SSSR count). The number of hydrogen-bond donors (Lipinski definition) is 2. The highest BCUT2D eigenvalue weighted by molar-refractivity contribution is 5.92. The van der Waals surface area contributed by atoms with Gasteiger partial charge in [-0.3, -0.25) is 14.6 Å². The van der Waals surface area contributed by atoms with Crippen LogP contribution < -0.4 is 10.9 Å². The maximum atomic E-state index is 12.5. The summed E-state index contributed by atoms with van der Waals surface area (Å²) in [5, 5.41) is 7.62. The average molecular weight is 341 g/mol. The molecule has 0 atom stereocenters. The average Bonchev–Trinajstić information content (AvgIpc) is 3.14. The van der Waals surface area contributed by atoms with Gasteiger partial charge in [-0.1, -0.05) is 19.8 Å². The minimum Gasteiger partial charge on any atom is -0.310 e. The molecule has 2 aromatic heterocycles. The van der Waals surface area contributed by atoms with Gasteiger partial charge in [0.15, 0.2) is 0 Å². The summed E-state index contributed by atoms with van der Waals surface area (Å²) in [7, 11) is 0. The SMILES string of the molecule is CCc1cc(=O)[nH]c(-n2nc(C3CC3)cc2NC(=O)C2CCCC2)n1. The second-order valence-electron chi connectivity index (χ2n) is 7.03. The third kappa shape index (κ3) is 3.36. The van der Waals surface area contributed by atoms with E-state index in [9.17, 15) is 9.59 Å². The lowest BCUT2D eigenvalue weighted by Gasteiger charge is -2.11. The van der Waals surface area contributed by atoms with Crippen LogP contribution in [0.4, 0.5) is 5.82 Å². The molecule has 0 aromatic carbocycles. The van der Waals surface area contributed by atoms with E-state index in [2.05, 4.69) is 20.4 Å². The second kappa shape index (κ2) is 6.46. The van der Waals surface area contributed by atoms with Crippen LogP contribution in [0.5, 0.6) is 0 Å². The molecule has 0 radical (unpaired) electrons. The first-order valence-corrected chi connectivity index (χ1v) is 9.15. The van der Waals surface area contributed by atoms with Gasteiger partial charge in [-0.2, -0.15) is 9.78 Å². The van der Waals surface area contributed by atoms with Crippen molar-refractivity contribution >= 4 is 11.7 Å². The first-order chi connectivity index (χ1) is 12.1. The summed E-state index contributed by atoms with van der Waals surface area (Å²) < 4.78 is 1.57. The summed E-state index contributed by atoms with van der Waals surface area (Å²) in [6.45, 7) is 1.95. The normalized spacial score (nSPS) is 17.8. The quantitative estimate of drug-likeness (QED) is 0.874. The Hall–Kier alpha value is -2.44. The van der Waals surface area contributed by atoms with E-state index >= 15 is 0 Å². The molecule has 7 heteroatoms. The molecular weight excluding hydrogens is 318 g/mol. The lowest BCUT2D eigenvalue weighted by atomic mass is 10.1. The summed E-state index contributed by atoms with van der Waals surface area (Å²) >= 11 is 0. The first kappa shape index (κ1) is 16.1. The molecule has 0 aliphatic heterocycles. The number of aromatic nitrogens is 4. The number of amides is 1. The Balaban J connectivity index is 1.69. The van der Waals surface area contributed by atoms with E-state index in [1.165, 1.54) is 6.07 Å². The lowest BCUT2D eigenvalue weighted by molar-refractivity contribution is -0.119. The van der Waals surface area contributed by atoms with Crippen molar-refractivity contribution in [1.29, 1.82) is 0 Å². The van der Waals surface area contributed by atoms with E-state index < -0.39 is 0 Å². The minimum atomic E-state index is -0.210. The van der Waals surface area contributed by atoms with Crippen LogP contribution in [0, 0.1) is 5.92 Å². The van der Waals surface area contributed by atoms with Gasteiger partial charge in [-0.15, -0.1) is 0 Å². The molecule has 2 heterocycles. The molecule has 132 valence electrons. The largest absolute Gasteiger partial charge is 0.310 e. The molecule has 2 aromatic rings. The van der Waals surface area contributed by atoms with Crippen LogP contribution in [0.1, 0.15) is 62.8 Å². The smallest absolute Gasteiger partial charge is 0.252 e. The van der Waals surface area contributed by atoms with Crippen molar-refractivity contribution in [2.75, 3.05) is 5.32 Å². The molecule has 1 amide bonds. The number of nitrogens with one attached hydrogen (secondary N) is 2. The number of aryl methyl sites for hydroxylation is 1. The summed E-state index contributed by atoms with van der Waals surface area (Å²) in [5.74, 6) is 1.51. The second-order valence-corrected chi connectivity index (χ2v) is 7.03. The highest BCUT2D eigenvalue weighted by atomic mass is 16.2. The number of anilines is 1. The van der Waals surface area contributed by atoms with Crippen molar-refractivity contribution in [3.63, 3.8) is 0 Å². The predicted octanol–water partition coefficient (Wildman–Crippen LogP) is 2.52. The third-order valence-corrected chi connectivity index (χ3v) is 5.05. The van der Waals surface area contributed by atoms with Crippen molar-refractivity contribution in [2.45, 2.75) is 57.8 Å². The van der Waals surface area contributed by atoms with Gasteiger partial charge in [-0.05, 0) is 32.1 Å². The standard InChI is InChI=1S/C18H23N5O2/c1-2-13-9-16(24)21-18(19-13)23-15(10-14(22-23)11-7-8-11)20-17(25)12-5-3-4-6-12/h9-12H,2-8H2,1H3,(H,20,25)(H,19,21,24). The lowest BCUT2D eigenvalue weighted by Crippen LogP contribution is -2.23. The molecule has 0 saturated heterocycles. The first-order valence-electron chi connectivity index (χ1n) is 9.15. The van der Waals surface area contributed by atoms with Crippen molar-refractivity contribution in [1.82, 2.24) is 19.7 Å². The Bertz CT molecular complexity index is 843. The van der Waals surface area contributed by atoms with Gasteiger partial charge in [0.1, 0.15) is 5.82 Å². The van der Waals surface area contributed by atoms with Crippen molar-refractivity contribution in [3.05, 3.63) is 33.9 Å². The Kier molecular flexibility index (Phi) is 4.15. The molecular formula is C18H23N5O2. The number of carbonyl (C=O) groups is 1. The van der Waals surface area contributed by atoms with E-state index in [0.29, 0.717) is 29.8 Å². The van der Waals surface area contributed by atoms with E-state index in [-0.39, 0.29) is 17.4 Å². The summed E-state index contributed by atoms with van der Waals surface area (Å²) in [6.07, 6.45) is 7.00. The van der Waals surface area contributed by atoms with Crippen LogP contribution in [0.25, 0.3) is 5.95 Å². The minimum absolute atomic E-state index is 0.0370. The van der Waals surface area contributed by atoms with Crippen molar-refractivity contribution in [2.24, 2.45) is 5.92 Å². The molecule has 0 bridgehead atoms. The molecule has 0 unspecified atom stereocenters. The van der Waals surface area contributed by atoms with Crippen molar-refractivity contribution in [3.8, 4) is 5.95 Å². The van der Waals surface area contributed by atoms with Crippen molar-refractivity contribution < 1.29 is 4.79 Å². The summed E-state index contributed by atoms with van der Waals surface area (Å²) in [5.41, 5.74) is 1.44. The van der Waals surface area contributed by atoms with Gasteiger partial charge < -0.3 is 5.32 Å². The van der Waals surface area contributed by atoms with E-state index in [0.717, 1.165) is 44.2 Å². The Morgan fingerprint density at radius 2 is 2.04 bits per heavy atom. The van der Waals surface area contributed by atoms with Crippen LogP contribution in [-0.2, 0) is 11.2 Å². The predicted molar refractivity (Wildman–Crippen MR) is 93.9 cm³/mol. The summed E-state index contributed by atoms with van der Waals surface area (Å²) in [4.78, 5) is 31.7. The van der Waals surface area contributed by atoms with Crippen LogP contribution >= 0.6 is 0 Å². The van der Waals surface area contributed by atoms with Gasteiger partial charge in [0, 0.05) is 29.7 Å². The number of nitrogens with zero attached hydrogens (tertiary/aromatic N) is 3. The Morgan fingerprint density at radius 1 is 1.28 bits per heavy atom. The molecule has 25 heavy (non-hydrogen) atoms. The van der Waals surface area contributed by atoms with Gasteiger partial charge >= 0.3 is 0 Å². The topological polar surface area (TPSA) is 92.7 Å². The van der Waals surface area contributed by atoms with Crippen LogP contribution in [0.3, 0.4) is 0 Å². The maximum Gasteiger partial charge on any atom is 0.252 e. The highest BCUT2D eigenvalue weighted by Gasteiger charge is 2.29. The van der Waals surface area contributed by atoms with Crippen LogP contribution in [0.2, 0.25) is 0 Å². The monoisotopic (exact) mass is 341 g/mol. The Morgan fingerprint density at radius 3 is 2.72 bits per heavy atom. The summed E-state index contributed by atoms with van der Waals surface area (Å²) in [6, 6.07) is 3.41. The maximum absolute atomic E-state index is 12.5. The molecule has 2 aliphatic rings. The van der Waals surface area contributed by atoms with Gasteiger partial charge in [-0.25, -0.2) is 4.98 Å². The van der Waals surface area contributed by atoms with E-state index in [1.807, 2.05) is 13.0 Å². The fourth-order valence-electron chi connectivity index (χ4n) is 3.42. The molecule has 2 aliphatic carbocycles. The number of rotatable bonds is 5. The Labute approximate surface area is 145 Å².